The number of nitrogens with one attached hydrogen (secondary N) is 2. The van der Waals surface area contributed by atoms with Gasteiger partial charge in [-0.15, -0.1) is 10.2 Å². The molecular weight excluding hydrogens is 224 g/mol. The number of hydrogen-bond acceptors (Lipinski definition) is 8. The summed E-state index contributed by atoms with van der Waals surface area (Å²) in [6.07, 6.45) is 0.0556. The van der Waals surface area contributed by atoms with Gasteiger partial charge in [0.2, 0.25) is 0 Å². The fourth-order valence-corrected chi connectivity index (χ4v) is 0.0667. The van der Waals surface area contributed by atoms with Crippen molar-refractivity contribution in [3.8, 4) is 0 Å². The molecule has 0 rings (SSSR count). The number of aliphatic hydroxyl groups excluding tert-OH is 1. The van der Waals surface area contributed by atoms with Crippen LogP contribution in [-0.2, 0) is 0 Å². The molecule has 0 saturated heterocycles. The maximum absolute atomic E-state index is 8.56. The number of nitrogens with two attached hydrogens (primary N) is 2. The second kappa shape index (κ2) is 39.4. The molecule has 0 aliphatic carbocycles. The van der Waals surface area contributed by atoms with Gasteiger partial charge in [-0.3, -0.25) is 0 Å². The summed E-state index contributed by atoms with van der Waals surface area (Å²) >= 11 is 0. The molecule has 0 radical (unpaired) electrons. The van der Waals surface area contributed by atoms with Crippen LogP contribution in [0, 0.1) is 11.1 Å². The normalized spacial score (nSPS) is 7.38. The van der Waals surface area contributed by atoms with E-state index in [0.717, 1.165) is 19.8 Å². The third-order valence-electron chi connectivity index (χ3n) is 0.249. The third kappa shape index (κ3) is 651. The zero-order valence-electron chi connectivity index (χ0n) is 8.35. The molecule has 0 saturated carbocycles. The molecule has 0 fully saturated rings. The Bertz CT molecular complexity index is 184. The van der Waals surface area contributed by atoms with E-state index in [0.29, 0.717) is 0 Å². The minimum atomic E-state index is -1.83. The highest BCUT2D eigenvalue weighted by molar-refractivity contribution is 5.53. The number of hydrazone groups is 2. The lowest BCUT2D eigenvalue weighted by Crippen LogP contribution is -1.81. The molecule has 0 unspecified atom stereocenters. The Hall–Kier alpha value is -2.63. The highest BCUT2D eigenvalue weighted by Gasteiger charge is 1.70. The molecule has 94 valence electrons. The molecule has 0 aromatic carbocycles. The molecule has 0 aliphatic rings. The van der Waals surface area contributed by atoms with Gasteiger partial charge >= 0.3 is 6.16 Å². The Morgan fingerprint density at radius 2 is 1.25 bits per heavy atom. The van der Waals surface area contributed by atoms with Crippen LogP contribution >= 0.6 is 0 Å². The van der Waals surface area contributed by atoms with E-state index in [4.69, 9.17) is 31.2 Å². The minimum absolute atomic E-state index is 0.944. The Labute approximate surface area is 90.3 Å². The molecule has 9 N–H and O–H groups in total. The first-order chi connectivity index (χ1) is 7.56. The van der Waals surface area contributed by atoms with E-state index < -0.39 is 6.16 Å². The highest BCUT2D eigenvalue weighted by atomic mass is 16.6. The zero-order valence-corrected chi connectivity index (χ0v) is 8.35. The monoisotopic (exact) mass is 238 g/mol. The Morgan fingerprint density at radius 3 is 1.25 bits per heavy atom. The van der Waals surface area contributed by atoms with E-state index in [2.05, 4.69) is 32.1 Å². The van der Waals surface area contributed by atoms with Crippen molar-refractivity contribution in [3.63, 3.8) is 0 Å². The van der Waals surface area contributed by atoms with E-state index in [-0.39, 0.29) is 0 Å². The van der Waals surface area contributed by atoms with Gasteiger partial charge in [-0.05, 0) is 0 Å². The predicted molar refractivity (Wildman–Crippen MR) is 54.5 cm³/mol. The van der Waals surface area contributed by atoms with Gasteiger partial charge in [0.25, 0.3) is 0 Å². The molecule has 0 amide bonds. The van der Waals surface area contributed by atoms with Crippen LogP contribution in [0.15, 0.2) is 20.4 Å². The molecule has 12 heteroatoms. The minimum Gasteiger partial charge on any atom is -0.450 e. The number of carboxylic acid groups (broad SMARTS) is 2. The van der Waals surface area contributed by atoms with Gasteiger partial charge in [-0.2, -0.15) is 10.2 Å². The van der Waals surface area contributed by atoms with E-state index in [1.165, 1.54) is 0 Å². The molecule has 16 heavy (non-hydrogen) atoms. The SMILES string of the molecule is CO.N=NC=NN.N=NC=NN.O=C(O)O. The van der Waals surface area contributed by atoms with Gasteiger partial charge in [0, 0.05) is 7.11 Å². The van der Waals surface area contributed by atoms with Crippen molar-refractivity contribution >= 4 is 18.8 Å². The van der Waals surface area contributed by atoms with Crippen molar-refractivity contribution in [2.24, 2.45) is 32.1 Å². The summed E-state index contributed by atoms with van der Waals surface area (Å²) in [5.41, 5.74) is 12.0. The van der Waals surface area contributed by atoms with Gasteiger partial charge < -0.3 is 27.0 Å². The second-order valence-corrected chi connectivity index (χ2v) is 1.07. The Morgan fingerprint density at radius 1 is 1.06 bits per heavy atom. The quantitative estimate of drug-likeness (QED) is 0.112. The number of nitrogens with zero attached hydrogens (tertiary/aromatic N) is 4. The van der Waals surface area contributed by atoms with Crippen molar-refractivity contribution in [2.45, 2.75) is 0 Å². The van der Waals surface area contributed by atoms with Crippen LogP contribution in [-0.4, -0.2) is 41.3 Å². The van der Waals surface area contributed by atoms with Crippen LogP contribution in [0.4, 0.5) is 4.79 Å². The van der Waals surface area contributed by atoms with Gasteiger partial charge in [0.05, 0.1) is 0 Å². The van der Waals surface area contributed by atoms with E-state index >= 15 is 0 Å². The molecule has 0 bridgehead atoms. The highest BCUT2D eigenvalue weighted by Crippen LogP contribution is 1.45. The number of aliphatic hydroxyl groups is 1. The van der Waals surface area contributed by atoms with Gasteiger partial charge in [-0.25, -0.2) is 15.9 Å². The lowest BCUT2D eigenvalue weighted by atomic mass is 11.4. The van der Waals surface area contributed by atoms with Crippen molar-refractivity contribution in [1.29, 1.82) is 11.1 Å². The fourth-order valence-electron chi connectivity index (χ4n) is 0.0667. The standard InChI is InChI=1S/2CH4N4.CH2O3.CH4O/c2*2-4-1-5-3;2-1(3)4;1-2/h2*1-2H,3H2;(H2,2,3,4);2H,1H3. The average Bonchev–Trinajstić information content (AvgIpc) is 2.23. The molecule has 0 spiro atoms. The van der Waals surface area contributed by atoms with Crippen molar-refractivity contribution in [2.75, 3.05) is 7.11 Å². The van der Waals surface area contributed by atoms with Crippen LogP contribution in [0.5, 0.6) is 0 Å². The molecule has 0 aromatic heterocycles. The molecule has 0 aromatic rings. The molecule has 0 heterocycles. The summed E-state index contributed by atoms with van der Waals surface area (Å²) in [4.78, 5) is 8.56. The lowest BCUT2D eigenvalue weighted by molar-refractivity contribution is 0.137. The first kappa shape index (κ1) is 23.3. The van der Waals surface area contributed by atoms with Crippen molar-refractivity contribution < 1.29 is 20.1 Å². The summed E-state index contributed by atoms with van der Waals surface area (Å²) in [5, 5.41) is 32.1. The fraction of sp³-hybridized carbons (Fsp3) is 0.250. The third-order valence-corrected chi connectivity index (χ3v) is 0.249. The smallest absolute Gasteiger partial charge is 0.450 e. The van der Waals surface area contributed by atoms with Crippen LogP contribution in [0.3, 0.4) is 0 Å². The Balaban J connectivity index is -0.0000000629. The second-order valence-electron chi connectivity index (χ2n) is 1.07. The van der Waals surface area contributed by atoms with E-state index in [1.807, 2.05) is 0 Å². The Kier molecular flexibility index (Phi) is 57.4. The first-order valence-electron chi connectivity index (χ1n) is 3.09. The molecular formula is C4H14N8O4. The number of rotatable bonds is 2. The van der Waals surface area contributed by atoms with E-state index in [9.17, 15) is 0 Å². The lowest BCUT2D eigenvalue weighted by Gasteiger charge is -1.60. The number of hydrogen-bond donors (Lipinski definition) is 7. The molecule has 0 atom stereocenters. The van der Waals surface area contributed by atoms with Crippen molar-refractivity contribution in [1.82, 2.24) is 0 Å². The van der Waals surface area contributed by atoms with Crippen molar-refractivity contribution in [3.05, 3.63) is 0 Å². The molecule has 12 nitrogen and oxygen atoms in total. The topological polar surface area (TPSA) is 227 Å². The largest absolute Gasteiger partial charge is 0.503 e. The van der Waals surface area contributed by atoms with Gasteiger partial charge in [-0.1, -0.05) is 0 Å². The average molecular weight is 238 g/mol. The van der Waals surface area contributed by atoms with Crippen LogP contribution in [0.2, 0.25) is 0 Å². The summed E-state index contributed by atoms with van der Waals surface area (Å²) < 4.78 is 0. The van der Waals surface area contributed by atoms with Gasteiger partial charge in [0.1, 0.15) is 0 Å². The summed E-state index contributed by atoms with van der Waals surface area (Å²) in [7, 11) is 1.00. The number of carbonyl (C=O) groups is 1. The predicted octanol–water partition coefficient (Wildman–Crippen LogP) is -0.330. The molecule has 0 aliphatic heterocycles. The van der Waals surface area contributed by atoms with Gasteiger partial charge in [0.15, 0.2) is 12.7 Å². The maximum atomic E-state index is 8.56. The first-order valence-corrected chi connectivity index (χ1v) is 3.09. The summed E-state index contributed by atoms with van der Waals surface area (Å²) in [6.45, 7) is 0. The van der Waals surface area contributed by atoms with E-state index in [1.54, 1.807) is 0 Å². The zero-order chi connectivity index (χ0) is 13.8. The summed E-state index contributed by atoms with van der Waals surface area (Å²) in [5.74, 6) is 8.99. The van der Waals surface area contributed by atoms with Crippen LogP contribution in [0.1, 0.15) is 0 Å². The maximum Gasteiger partial charge on any atom is 0.503 e. The van der Waals surface area contributed by atoms with Crippen LogP contribution in [0.25, 0.3) is 0 Å². The summed E-state index contributed by atoms with van der Waals surface area (Å²) in [6, 6.07) is 0. The van der Waals surface area contributed by atoms with Crippen LogP contribution < -0.4 is 11.7 Å².